The number of hydrogen-bond acceptors (Lipinski definition) is 6. The molecule has 1 saturated heterocycles. The van der Waals surface area contributed by atoms with Crippen molar-refractivity contribution in [2.24, 2.45) is 5.11 Å². The van der Waals surface area contributed by atoms with Crippen molar-refractivity contribution in [3.8, 4) is 0 Å². The molecule has 1 aliphatic rings. The quantitative estimate of drug-likeness (QED) is 0.391. The zero-order valence-corrected chi connectivity index (χ0v) is 15.2. The molecule has 148 valence electrons. The monoisotopic (exact) mass is 385 g/mol. The fourth-order valence-corrected chi connectivity index (χ4v) is 3.08. The molecule has 2 aromatic carbocycles. The van der Waals surface area contributed by atoms with E-state index in [1.165, 1.54) is 0 Å². The van der Waals surface area contributed by atoms with E-state index >= 15 is 0 Å². The van der Waals surface area contributed by atoms with Gasteiger partial charge in [0.05, 0.1) is 25.9 Å². The van der Waals surface area contributed by atoms with Crippen LogP contribution in [0.4, 0.5) is 0 Å². The van der Waals surface area contributed by atoms with Crippen LogP contribution in [0.5, 0.6) is 0 Å². The van der Waals surface area contributed by atoms with E-state index in [-0.39, 0.29) is 13.2 Å². The lowest BCUT2D eigenvalue weighted by Crippen LogP contribution is -2.42. The molecule has 0 spiro atoms. The molecule has 0 aromatic heterocycles. The van der Waals surface area contributed by atoms with Crippen LogP contribution in [0.2, 0.25) is 0 Å². The van der Waals surface area contributed by atoms with Crippen LogP contribution in [0.3, 0.4) is 0 Å². The minimum atomic E-state index is -1.42. The lowest BCUT2D eigenvalue weighted by atomic mass is 10.0. The Labute approximate surface area is 162 Å². The third kappa shape index (κ3) is 5.30. The molecule has 1 aliphatic heterocycles. The van der Waals surface area contributed by atoms with Gasteiger partial charge in [-0.25, -0.2) is 0 Å². The first-order valence-electron chi connectivity index (χ1n) is 9.02. The minimum Gasteiger partial charge on any atom is -0.385 e. The zero-order chi connectivity index (χ0) is 19.8. The summed E-state index contributed by atoms with van der Waals surface area (Å²) in [6, 6.07) is 18.3. The molecule has 8 heteroatoms. The summed E-state index contributed by atoms with van der Waals surface area (Å²) in [5.41, 5.74) is 10.8. The largest absolute Gasteiger partial charge is 0.385 e. The first kappa shape index (κ1) is 20.3. The molecule has 28 heavy (non-hydrogen) atoms. The van der Waals surface area contributed by atoms with Crippen molar-refractivity contribution in [2.45, 2.75) is 43.9 Å². The molecule has 2 N–H and O–H groups in total. The Balaban J connectivity index is 1.63. The number of ether oxygens (including phenoxy) is 3. The summed E-state index contributed by atoms with van der Waals surface area (Å²) in [6.45, 7) is 0.628. The Morgan fingerprint density at radius 2 is 1.61 bits per heavy atom. The third-order valence-electron chi connectivity index (χ3n) is 4.51. The summed E-state index contributed by atoms with van der Waals surface area (Å²) in [4.78, 5) is 2.86. The van der Waals surface area contributed by atoms with E-state index in [4.69, 9.17) is 19.7 Å². The predicted octanol–water partition coefficient (Wildman–Crippen LogP) is 2.55. The summed E-state index contributed by atoms with van der Waals surface area (Å²) in [7, 11) is 0. The number of nitrogens with zero attached hydrogens (tertiary/aromatic N) is 3. The van der Waals surface area contributed by atoms with E-state index in [2.05, 4.69) is 10.0 Å². The molecule has 0 saturated carbocycles. The first-order chi connectivity index (χ1) is 13.7. The van der Waals surface area contributed by atoms with Crippen LogP contribution < -0.4 is 0 Å². The van der Waals surface area contributed by atoms with Crippen molar-refractivity contribution in [1.29, 1.82) is 0 Å². The maximum Gasteiger partial charge on any atom is 0.183 e. The second kappa shape index (κ2) is 10.2. The van der Waals surface area contributed by atoms with Crippen molar-refractivity contribution in [3.63, 3.8) is 0 Å². The van der Waals surface area contributed by atoms with Crippen LogP contribution in [0.15, 0.2) is 65.8 Å². The van der Waals surface area contributed by atoms with Gasteiger partial charge in [-0.2, -0.15) is 0 Å². The highest BCUT2D eigenvalue weighted by Crippen LogP contribution is 2.28. The summed E-state index contributed by atoms with van der Waals surface area (Å²) in [5, 5.41) is 23.9. The van der Waals surface area contributed by atoms with Crippen LogP contribution in [0.1, 0.15) is 11.1 Å². The lowest BCUT2D eigenvalue weighted by molar-refractivity contribution is -0.133. The summed E-state index contributed by atoms with van der Waals surface area (Å²) in [5.74, 6) is 0. The molecule has 1 fully saturated rings. The van der Waals surface area contributed by atoms with Gasteiger partial charge in [-0.1, -0.05) is 65.8 Å². The number of benzene rings is 2. The molecular formula is C20H23N3O5. The maximum absolute atomic E-state index is 10.3. The van der Waals surface area contributed by atoms with Crippen LogP contribution in [0.25, 0.3) is 10.4 Å². The average molecular weight is 385 g/mol. The van der Waals surface area contributed by atoms with Crippen LogP contribution in [0, 0.1) is 0 Å². The number of azide groups is 1. The molecule has 3 rings (SSSR count). The molecule has 1 heterocycles. The molecule has 8 nitrogen and oxygen atoms in total. The van der Waals surface area contributed by atoms with Crippen LogP contribution >= 0.6 is 0 Å². The molecule has 0 aliphatic carbocycles. The van der Waals surface area contributed by atoms with Gasteiger partial charge in [-0.05, 0) is 16.7 Å². The number of rotatable bonds is 9. The van der Waals surface area contributed by atoms with Crippen LogP contribution in [-0.2, 0) is 27.4 Å². The number of aliphatic hydroxyl groups is 2. The van der Waals surface area contributed by atoms with Crippen molar-refractivity contribution in [1.82, 2.24) is 0 Å². The zero-order valence-electron chi connectivity index (χ0n) is 15.2. The molecule has 1 unspecified atom stereocenters. The second-order valence-electron chi connectivity index (χ2n) is 6.52. The van der Waals surface area contributed by atoms with Gasteiger partial charge in [-0.15, -0.1) is 0 Å². The molecule has 0 radical (unpaired) electrons. The highest BCUT2D eigenvalue weighted by molar-refractivity contribution is 5.14. The smallest absolute Gasteiger partial charge is 0.183 e. The maximum atomic E-state index is 10.3. The first-order valence-corrected chi connectivity index (χ1v) is 9.02. The average Bonchev–Trinajstić information content (AvgIpc) is 3.01. The Morgan fingerprint density at radius 1 is 1.00 bits per heavy atom. The van der Waals surface area contributed by atoms with Gasteiger partial charge in [0, 0.05) is 4.91 Å². The van der Waals surface area contributed by atoms with Crippen molar-refractivity contribution in [3.05, 3.63) is 82.2 Å². The van der Waals surface area contributed by atoms with E-state index in [1.807, 2.05) is 60.7 Å². The van der Waals surface area contributed by atoms with Crippen molar-refractivity contribution in [2.75, 3.05) is 6.61 Å². The Hall–Kier alpha value is -2.45. The van der Waals surface area contributed by atoms with Crippen LogP contribution in [-0.4, -0.2) is 47.5 Å². The highest BCUT2D eigenvalue weighted by atomic mass is 16.7. The topological polar surface area (TPSA) is 117 Å². The van der Waals surface area contributed by atoms with Gasteiger partial charge in [0.1, 0.15) is 18.3 Å². The van der Waals surface area contributed by atoms with Gasteiger partial charge >= 0.3 is 0 Å². The fourth-order valence-electron chi connectivity index (χ4n) is 3.08. The standard InChI is InChI=1S/C20H23N3O5/c21-23-22-16(13-26-11-14-7-3-1-4-8-14)18-19(17(24)20(25)28-18)27-12-15-9-5-2-6-10-15/h1-10,16-20,24-25H,11-13H2/t16-,17-,18-,19+,20?/m1/s1. The molecule has 5 atom stereocenters. The summed E-state index contributed by atoms with van der Waals surface area (Å²) in [6.07, 6.45) is -4.36. The molecule has 0 amide bonds. The van der Waals surface area contributed by atoms with Gasteiger partial charge in [0.15, 0.2) is 6.29 Å². The normalized spacial score (nSPS) is 25.2. The number of hydrogen-bond donors (Lipinski definition) is 2. The third-order valence-corrected chi connectivity index (χ3v) is 4.51. The second-order valence-corrected chi connectivity index (χ2v) is 6.52. The van der Waals surface area contributed by atoms with E-state index in [1.54, 1.807) is 0 Å². The predicted molar refractivity (Wildman–Crippen MR) is 101 cm³/mol. The van der Waals surface area contributed by atoms with Gasteiger partial charge in [0.2, 0.25) is 0 Å². The molecular weight excluding hydrogens is 362 g/mol. The van der Waals surface area contributed by atoms with E-state index in [0.717, 1.165) is 11.1 Å². The molecule has 0 bridgehead atoms. The Bertz CT molecular complexity index is 770. The van der Waals surface area contributed by atoms with E-state index in [0.29, 0.717) is 6.61 Å². The van der Waals surface area contributed by atoms with Crippen molar-refractivity contribution < 1.29 is 24.4 Å². The Kier molecular flexibility index (Phi) is 7.39. The van der Waals surface area contributed by atoms with E-state index in [9.17, 15) is 10.2 Å². The van der Waals surface area contributed by atoms with Crippen molar-refractivity contribution >= 4 is 0 Å². The SMILES string of the molecule is [N-]=[N+]=N[C@H](COCc1ccccc1)[C@H]1OC(O)[C@H](O)[C@@H]1OCc1ccccc1. The van der Waals surface area contributed by atoms with Gasteiger partial charge in [-0.3, -0.25) is 0 Å². The molecule has 2 aromatic rings. The summed E-state index contributed by atoms with van der Waals surface area (Å²) < 4.78 is 16.9. The van der Waals surface area contributed by atoms with Gasteiger partial charge < -0.3 is 24.4 Å². The number of aliphatic hydroxyl groups excluding tert-OH is 2. The van der Waals surface area contributed by atoms with E-state index < -0.39 is 30.6 Å². The van der Waals surface area contributed by atoms with Gasteiger partial charge in [0.25, 0.3) is 0 Å². The fraction of sp³-hybridized carbons (Fsp3) is 0.400. The lowest BCUT2D eigenvalue weighted by Gasteiger charge is -2.25. The Morgan fingerprint density at radius 3 is 2.21 bits per heavy atom. The summed E-state index contributed by atoms with van der Waals surface area (Å²) >= 11 is 0. The minimum absolute atomic E-state index is 0.0637. The highest BCUT2D eigenvalue weighted by Gasteiger charge is 2.47.